The van der Waals surface area contributed by atoms with Crippen LogP contribution in [0.1, 0.15) is 4.88 Å². The molecule has 1 aromatic carbocycles. The minimum Gasteiger partial charge on any atom is -0.311 e. The monoisotopic (exact) mass is 271 g/mol. The largest absolute Gasteiger partial charge is 0.311 e. The molecule has 0 fully saturated rings. The van der Waals surface area contributed by atoms with Crippen molar-refractivity contribution < 1.29 is 0 Å². The number of fused-ring (bicyclic) bond motifs is 1. The van der Waals surface area contributed by atoms with Gasteiger partial charge in [-0.25, -0.2) is 0 Å². The summed E-state index contributed by atoms with van der Waals surface area (Å²) in [5.41, 5.74) is 0. The number of benzene rings is 1. The van der Waals surface area contributed by atoms with E-state index in [9.17, 15) is 0 Å². The van der Waals surface area contributed by atoms with Gasteiger partial charge in [-0.05, 0) is 12.3 Å². The van der Waals surface area contributed by atoms with Crippen molar-refractivity contribution in [1.29, 1.82) is 0 Å². The van der Waals surface area contributed by atoms with Gasteiger partial charge in [0.25, 0.3) is 0 Å². The minimum absolute atomic E-state index is 0.874. The number of hydrogen-bond donors (Lipinski definition) is 1. The fourth-order valence-electron chi connectivity index (χ4n) is 1.55. The fourth-order valence-corrected chi connectivity index (χ4v) is 3.37. The predicted molar refractivity (Wildman–Crippen MR) is 76.9 cm³/mol. The van der Waals surface area contributed by atoms with E-state index in [4.69, 9.17) is 11.6 Å². The predicted octanol–water partition coefficient (Wildman–Crippen LogP) is 4.01. The molecule has 0 radical (unpaired) electrons. The number of thiophene rings is 1. The Bertz CT molecular complexity index is 467. The van der Waals surface area contributed by atoms with E-state index < -0.39 is 0 Å². The molecule has 2 rings (SSSR count). The molecule has 0 saturated carbocycles. The zero-order valence-electron chi connectivity index (χ0n) is 9.13. The van der Waals surface area contributed by atoms with Crippen LogP contribution in [0.15, 0.2) is 24.3 Å². The number of rotatable bonds is 5. The molecular weight excluding hydrogens is 258 g/mol. The van der Waals surface area contributed by atoms with Crippen LogP contribution in [0.2, 0.25) is 5.02 Å². The summed E-state index contributed by atoms with van der Waals surface area (Å²) in [6, 6.07) is 8.29. The summed E-state index contributed by atoms with van der Waals surface area (Å²) in [6.45, 7) is 1.91. The van der Waals surface area contributed by atoms with Crippen molar-refractivity contribution in [1.82, 2.24) is 5.32 Å². The Morgan fingerprint density at radius 2 is 2.19 bits per heavy atom. The van der Waals surface area contributed by atoms with E-state index in [0.29, 0.717) is 0 Å². The molecule has 86 valence electrons. The zero-order valence-corrected chi connectivity index (χ0v) is 11.5. The van der Waals surface area contributed by atoms with E-state index in [-0.39, 0.29) is 0 Å². The fraction of sp³-hybridized carbons (Fsp3) is 0.333. The van der Waals surface area contributed by atoms with Crippen LogP contribution < -0.4 is 5.32 Å². The molecule has 0 unspecified atom stereocenters. The summed E-state index contributed by atoms with van der Waals surface area (Å²) in [7, 11) is 0. The minimum atomic E-state index is 0.874. The molecule has 1 heterocycles. The maximum Gasteiger partial charge on any atom is 0.0636 e. The Labute approximate surface area is 109 Å². The second kappa shape index (κ2) is 5.92. The first-order valence-corrected chi connectivity index (χ1v) is 7.77. The van der Waals surface area contributed by atoms with Crippen LogP contribution in [0.25, 0.3) is 10.1 Å². The highest BCUT2D eigenvalue weighted by atomic mass is 35.5. The van der Waals surface area contributed by atoms with Gasteiger partial charge in [0.1, 0.15) is 0 Å². The van der Waals surface area contributed by atoms with E-state index >= 15 is 0 Å². The van der Waals surface area contributed by atoms with E-state index in [2.05, 4.69) is 29.8 Å². The van der Waals surface area contributed by atoms with Crippen LogP contribution in [0.5, 0.6) is 0 Å². The van der Waals surface area contributed by atoms with Crippen LogP contribution in [0.4, 0.5) is 0 Å². The van der Waals surface area contributed by atoms with Gasteiger partial charge >= 0.3 is 0 Å². The molecule has 2 aromatic rings. The zero-order chi connectivity index (χ0) is 11.4. The highest BCUT2D eigenvalue weighted by molar-refractivity contribution is 7.98. The van der Waals surface area contributed by atoms with Gasteiger partial charge in [0.05, 0.1) is 5.02 Å². The average molecular weight is 272 g/mol. The Kier molecular flexibility index (Phi) is 4.53. The van der Waals surface area contributed by atoms with Crippen molar-refractivity contribution in [2.24, 2.45) is 0 Å². The van der Waals surface area contributed by atoms with Gasteiger partial charge in [-0.2, -0.15) is 11.8 Å². The van der Waals surface area contributed by atoms with Gasteiger partial charge in [-0.3, -0.25) is 0 Å². The van der Waals surface area contributed by atoms with Crippen molar-refractivity contribution in [3.05, 3.63) is 34.2 Å². The molecule has 0 atom stereocenters. The van der Waals surface area contributed by atoms with E-state index in [1.165, 1.54) is 15.0 Å². The van der Waals surface area contributed by atoms with Crippen molar-refractivity contribution >= 4 is 44.8 Å². The molecule has 1 aromatic heterocycles. The number of halogens is 1. The van der Waals surface area contributed by atoms with Crippen molar-refractivity contribution in [2.45, 2.75) is 6.54 Å². The van der Waals surface area contributed by atoms with Crippen molar-refractivity contribution in [2.75, 3.05) is 18.6 Å². The number of thioether (sulfide) groups is 1. The van der Waals surface area contributed by atoms with Gasteiger partial charge < -0.3 is 5.32 Å². The van der Waals surface area contributed by atoms with E-state index in [1.807, 2.05) is 17.8 Å². The SMILES string of the molecule is CSCCNCc1sc2ccccc2c1Cl. The second-order valence-electron chi connectivity index (χ2n) is 3.50. The van der Waals surface area contributed by atoms with Crippen LogP contribution in [0.3, 0.4) is 0 Å². The lowest BCUT2D eigenvalue weighted by molar-refractivity contribution is 0.741. The molecule has 0 aliphatic rings. The van der Waals surface area contributed by atoms with Crippen molar-refractivity contribution in [3.63, 3.8) is 0 Å². The lowest BCUT2D eigenvalue weighted by Crippen LogP contribution is -2.15. The lowest BCUT2D eigenvalue weighted by Gasteiger charge is -2.01. The molecule has 0 saturated heterocycles. The third kappa shape index (κ3) is 2.72. The van der Waals surface area contributed by atoms with Gasteiger partial charge in [0.15, 0.2) is 0 Å². The molecule has 16 heavy (non-hydrogen) atoms. The second-order valence-corrected chi connectivity index (χ2v) is 6.01. The Balaban J connectivity index is 2.09. The molecule has 0 aliphatic carbocycles. The molecule has 1 nitrogen and oxygen atoms in total. The summed E-state index contributed by atoms with van der Waals surface area (Å²) in [5.74, 6) is 1.14. The summed E-state index contributed by atoms with van der Waals surface area (Å²) in [4.78, 5) is 1.24. The number of nitrogens with one attached hydrogen (secondary N) is 1. The maximum atomic E-state index is 6.34. The Hall–Kier alpha value is -0.220. The summed E-state index contributed by atoms with van der Waals surface area (Å²) in [6.07, 6.45) is 2.12. The third-order valence-electron chi connectivity index (χ3n) is 2.37. The van der Waals surface area contributed by atoms with E-state index in [0.717, 1.165) is 23.9 Å². The quantitative estimate of drug-likeness (QED) is 0.825. The van der Waals surface area contributed by atoms with Gasteiger partial charge in [0.2, 0.25) is 0 Å². The molecule has 4 heteroatoms. The van der Waals surface area contributed by atoms with Gasteiger partial charge in [-0.1, -0.05) is 29.8 Å². The molecular formula is C12H14ClNS2. The first-order valence-electron chi connectivity index (χ1n) is 5.18. The first kappa shape index (κ1) is 12.2. The Morgan fingerprint density at radius 3 is 2.94 bits per heavy atom. The molecule has 0 amide bonds. The van der Waals surface area contributed by atoms with Gasteiger partial charge in [-0.15, -0.1) is 11.3 Å². The normalized spacial score (nSPS) is 11.1. The summed E-state index contributed by atoms with van der Waals surface area (Å²) < 4.78 is 1.27. The maximum absolute atomic E-state index is 6.34. The third-order valence-corrected chi connectivity index (χ3v) is 4.70. The standard InChI is InChI=1S/C12H14ClNS2/c1-15-7-6-14-8-11-12(13)9-4-2-3-5-10(9)16-11/h2-5,14H,6-8H2,1H3. The van der Waals surface area contributed by atoms with Crippen LogP contribution >= 0.6 is 34.7 Å². The van der Waals surface area contributed by atoms with E-state index in [1.54, 1.807) is 11.3 Å². The summed E-state index contributed by atoms with van der Waals surface area (Å²) in [5, 5.41) is 5.50. The van der Waals surface area contributed by atoms with Crippen LogP contribution in [-0.2, 0) is 6.54 Å². The molecule has 0 spiro atoms. The first-order chi connectivity index (χ1) is 7.83. The highest BCUT2D eigenvalue weighted by Crippen LogP contribution is 2.34. The topological polar surface area (TPSA) is 12.0 Å². The average Bonchev–Trinajstić information content (AvgIpc) is 2.63. The van der Waals surface area contributed by atoms with Crippen LogP contribution in [-0.4, -0.2) is 18.6 Å². The molecule has 1 N–H and O–H groups in total. The summed E-state index contributed by atoms with van der Waals surface area (Å²) >= 11 is 9.97. The van der Waals surface area contributed by atoms with Gasteiger partial charge in [0, 0.05) is 33.8 Å². The smallest absolute Gasteiger partial charge is 0.0636 e. The molecule has 0 aliphatic heterocycles. The highest BCUT2D eigenvalue weighted by Gasteiger charge is 2.08. The Morgan fingerprint density at radius 1 is 1.38 bits per heavy atom. The number of hydrogen-bond acceptors (Lipinski definition) is 3. The molecule has 0 bridgehead atoms. The lowest BCUT2D eigenvalue weighted by atomic mass is 10.2. The van der Waals surface area contributed by atoms with Crippen molar-refractivity contribution in [3.8, 4) is 0 Å². The van der Waals surface area contributed by atoms with Crippen LogP contribution in [0, 0.1) is 0 Å².